The summed E-state index contributed by atoms with van der Waals surface area (Å²) in [4.78, 5) is 0. The summed E-state index contributed by atoms with van der Waals surface area (Å²) in [5, 5.41) is 0. The van der Waals surface area contributed by atoms with Crippen molar-refractivity contribution < 1.29 is 0 Å². The highest BCUT2D eigenvalue weighted by Gasteiger charge is 2.25. The summed E-state index contributed by atoms with van der Waals surface area (Å²) >= 11 is 0. The molecule has 0 aromatic carbocycles. The molecular weight excluding hydrogens is 228 g/mol. The third-order valence-electron chi connectivity index (χ3n) is 4.90. The Bertz CT molecular complexity index is 173. The number of hydrogen-bond donors (Lipinski definition) is 0. The van der Waals surface area contributed by atoms with E-state index in [0.29, 0.717) is 5.41 Å². The largest absolute Gasteiger partial charge is 0.0654 e. The van der Waals surface area contributed by atoms with Crippen molar-refractivity contribution >= 4 is 0 Å². The summed E-state index contributed by atoms with van der Waals surface area (Å²) in [6.07, 6.45) is 20.1. The molecule has 0 aromatic heterocycles. The quantitative estimate of drug-likeness (QED) is 0.286. The van der Waals surface area contributed by atoms with E-state index in [0.717, 1.165) is 0 Å². The average molecular weight is 269 g/mol. The van der Waals surface area contributed by atoms with Gasteiger partial charge in [0.1, 0.15) is 0 Å². The highest BCUT2D eigenvalue weighted by molar-refractivity contribution is 4.77. The van der Waals surface area contributed by atoms with E-state index in [1.54, 1.807) is 0 Å². The summed E-state index contributed by atoms with van der Waals surface area (Å²) in [5.74, 6) is 0. The zero-order valence-electron chi connectivity index (χ0n) is 14.4. The number of unbranched alkanes of at least 4 members (excludes halogenated alkanes) is 7. The van der Waals surface area contributed by atoms with Crippen molar-refractivity contribution in [2.24, 2.45) is 5.41 Å². The lowest BCUT2D eigenvalue weighted by molar-refractivity contribution is 0.191. The van der Waals surface area contributed by atoms with Crippen LogP contribution in [-0.4, -0.2) is 0 Å². The Labute approximate surface area is 123 Å². The monoisotopic (exact) mass is 268 g/mol. The molecule has 0 saturated heterocycles. The second-order valence-corrected chi connectivity index (χ2v) is 6.58. The fourth-order valence-corrected chi connectivity index (χ4v) is 3.47. The lowest BCUT2D eigenvalue weighted by atomic mass is 9.72. The van der Waals surface area contributed by atoms with Gasteiger partial charge >= 0.3 is 0 Å². The van der Waals surface area contributed by atoms with Gasteiger partial charge in [-0.05, 0) is 24.7 Å². The van der Waals surface area contributed by atoms with Gasteiger partial charge in [0.05, 0.1) is 0 Å². The van der Waals surface area contributed by atoms with Crippen LogP contribution in [0, 0.1) is 5.41 Å². The van der Waals surface area contributed by atoms with E-state index in [1.165, 1.54) is 89.9 Å². The van der Waals surface area contributed by atoms with E-state index in [9.17, 15) is 0 Å². The van der Waals surface area contributed by atoms with Gasteiger partial charge in [0.15, 0.2) is 0 Å². The highest BCUT2D eigenvalue weighted by atomic mass is 14.3. The molecule has 1 unspecified atom stereocenters. The van der Waals surface area contributed by atoms with E-state index in [1.807, 2.05) is 0 Å². The minimum atomic E-state index is 0.689. The number of rotatable bonds is 14. The summed E-state index contributed by atoms with van der Waals surface area (Å²) in [5.41, 5.74) is 0.689. The normalized spacial score (nSPS) is 14.5. The Kier molecular flexibility index (Phi) is 13.0. The molecule has 0 N–H and O–H groups in total. The van der Waals surface area contributed by atoms with Crippen molar-refractivity contribution in [2.75, 3.05) is 0 Å². The molecule has 116 valence electrons. The third kappa shape index (κ3) is 9.52. The molecule has 0 heterocycles. The predicted molar refractivity (Wildman–Crippen MR) is 89.8 cm³/mol. The Morgan fingerprint density at radius 3 is 1.37 bits per heavy atom. The second kappa shape index (κ2) is 13.0. The van der Waals surface area contributed by atoms with Gasteiger partial charge in [-0.25, -0.2) is 0 Å². The zero-order valence-corrected chi connectivity index (χ0v) is 14.4. The summed E-state index contributed by atoms with van der Waals surface area (Å²) in [6, 6.07) is 0. The van der Waals surface area contributed by atoms with E-state index in [-0.39, 0.29) is 0 Å². The molecule has 0 rings (SSSR count). The van der Waals surface area contributed by atoms with Crippen LogP contribution < -0.4 is 0 Å². The maximum Gasteiger partial charge on any atom is -0.0300 e. The minimum Gasteiger partial charge on any atom is -0.0654 e. The van der Waals surface area contributed by atoms with E-state index in [4.69, 9.17) is 0 Å². The molecule has 0 aliphatic rings. The van der Waals surface area contributed by atoms with Crippen LogP contribution in [0.1, 0.15) is 118 Å². The molecule has 0 heteroatoms. The first-order valence-corrected chi connectivity index (χ1v) is 9.24. The lowest BCUT2D eigenvalue weighted by Gasteiger charge is -2.33. The molecule has 0 amide bonds. The van der Waals surface area contributed by atoms with Crippen LogP contribution in [0.15, 0.2) is 0 Å². The van der Waals surface area contributed by atoms with Crippen molar-refractivity contribution in [3.8, 4) is 0 Å². The van der Waals surface area contributed by atoms with E-state index < -0.39 is 0 Å². The van der Waals surface area contributed by atoms with Gasteiger partial charge in [0.25, 0.3) is 0 Å². The van der Waals surface area contributed by atoms with Gasteiger partial charge in [0.2, 0.25) is 0 Å². The van der Waals surface area contributed by atoms with E-state index >= 15 is 0 Å². The highest BCUT2D eigenvalue weighted by Crippen LogP contribution is 2.39. The molecule has 0 aliphatic carbocycles. The molecule has 1 atom stereocenters. The Morgan fingerprint density at radius 1 is 0.474 bits per heavy atom. The second-order valence-electron chi connectivity index (χ2n) is 6.58. The maximum atomic E-state index is 2.43. The van der Waals surface area contributed by atoms with Crippen molar-refractivity contribution in [3.05, 3.63) is 0 Å². The van der Waals surface area contributed by atoms with Crippen molar-refractivity contribution in [1.82, 2.24) is 0 Å². The van der Waals surface area contributed by atoms with Crippen LogP contribution in [0.5, 0.6) is 0 Å². The zero-order chi connectivity index (χ0) is 14.4. The first-order chi connectivity index (χ1) is 9.24. The smallest absolute Gasteiger partial charge is 0.0300 e. The van der Waals surface area contributed by atoms with Gasteiger partial charge in [-0.3, -0.25) is 0 Å². The molecule has 0 bridgehead atoms. The Hall–Kier alpha value is 0. The summed E-state index contributed by atoms with van der Waals surface area (Å²) in [6.45, 7) is 9.42. The molecule has 0 aliphatic heterocycles. The van der Waals surface area contributed by atoms with Crippen LogP contribution in [0.2, 0.25) is 0 Å². The van der Waals surface area contributed by atoms with Crippen LogP contribution >= 0.6 is 0 Å². The molecule has 0 fully saturated rings. The van der Waals surface area contributed by atoms with Crippen LogP contribution in [0.4, 0.5) is 0 Å². The van der Waals surface area contributed by atoms with Crippen LogP contribution in [-0.2, 0) is 0 Å². The van der Waals surface area contributed by atoms with Crippen molar-refractivity contribution in [1.29, 1.82) is 0 Å². The van der Waals surface area contributed by atoms with Crippen molar-refractivity contribution in [2.45, 2.75) is 118 Å². The van der Waals surface area contributed by atoms with Gasteiger partial charge in [-0.1, -0.05) is 98.3 Å². The standard InChI is InChI=1S/C19H40/c1-5-9-11-13-15-18-19(8-4,16-7-3)17-14-12-10-6-2/h5-18H2,1-4H3. The SMILES string of the molecule is CCCCCCCC(CC)(CCC)CCCCCC. The van der Waals surface area contributed by atoms with Crippen LogP contribution in [0.3, 0.4) is 0 Å². The molecular formula is C19H40. The molecule has 0 aromatic rings. The molecule has 19 heavy (non-hydrogen) atoms. The van der Waals surface area contributed by atoms with Crippen molar-refractivity contribution in [3.63, 3.8) is 0 Å². The maximum absolute atomic E-state index is 2.43. The fraction of sp³-hybridized carbons (Fsp3) is 1.00. The first-order valence-electron chi connectivity index (χ1n) is 9.24. The fourth-order valence-electron chi connectivity index (χ4n) is 3.47. The first kappa shape index (κ1) is 19.0. The van der Waals surface area contributed by atoms with Gasteiger partial charge in [-0.15, -0.1) is 0 Å². The Morgan fingerprint density at radius 2 is 0.947 bits per heavy atom. The average Bonchev–Trinajstić information content (AvgIpc) is 2.43. The van der Waals surface area contributed by atoms with E-state index in [2.05, 4.69) is 27.7 Å². The van der Waals surface area contributed by atoms with Crippen LogP contribution in [0.25, 0.3) is 0 Å². The van der Waals surface area contributed by atoms with Gasteiger partial charge in [0, 0.05) is 0 Å². The molecule has 0 saturated carbocycles. The topological polar surface area (TPSA) is 0 Å². The molecule has 0 spiro atoms. The molecule has 0 nitrogen and oxygen atoms in total. The summed E-state index contributed by atoms with van der Waals surface area (Å²) in [7, 11) is 0. The number of hydrogen-bond acceptors (Lipinski definition) is 0. The van der Waals surface area contributed by atoms with Gasteiger partial charge < -0.3 is 0 Å². The lowest BCUT2D eigenvalue weighted by Crippen LogP contribution is -2.20. The predicted octanol–water partition coefficient (Wildman–Crippen LogP) is 7.51. The Balaban J connectivity index is 4.01. The minimum absolute atomic E-state index is 0.689. The third-order valence-corrected chi connectivity index (χ3v) is 4.90. The summed E-state index contributed by atoms with van der Waals surface area (Å²) < 4.78 is 0. The van der Waals surface area contributed by atoms with Gasteiger partial charge in [-0.2, -0.15) is 0 Å². The molecule has 0 radical (unpaired) electrons.